The van der Waals surface area contributed by atoms with Gasteiger partial charge < -0.3 is 0 Å². The van der Waals surface area contributed by atoms with Gasteiger partial charge in [-0.15, -0.1) is 0 Å². The number of hydrogen-bond acceptors (Lipinski definition) is 1. The van der Waals surface area contributed by atoms with Crippen LogP contribution < -0.4 is 0 Å². The molecule has 0 radical (unpaired) electrons. The molecule has 64 valence electrons. The highest BCUT2D eigenvalue weighted by Crippen LogP contribution is 2.29. The fourth-order valence-corrected chi connectivity index (χ4v) is 2.04. The van der Waals surface area contributed by atoms with E-state index in [-0.39, 0.29) is 0 Å². The number of carbonyl (C=O) groups is 1. The predicted molar refractivity (Wildman–Crippen MR) is 48.9 cm³/mol. The Morgan fingerprint density at radius 1 is 1.17 bits per heavy atom. The number of rotatable bonds is 0. The van der Waals surface area contributed by atoms with Gasteiger partial charge in [0.15, 0.2) is 0 Å². The second-order valence-electron chi connectivity index (χ2n) is 3.66. The molecule has 12 heavy (non-hydrogen) atoms. The van der Waals surface area contributed by atoms with Crippen LogP contribution in [-0.2, 0) is 4.79 Å². The van der Waals surface area contributed by atoms with Crippen molar-refractivity contribution in [2.24, 2.45) is 0 Å². The topological polar surface area (TPSA) is 17.1 Å². The molecule has 0 N–H and O–H groups in total. The molecule has 0 saturated heterocycles. The van der Waals surface area contributed by atoms with Crippen LogP contribution in [0, 0.1) is 0 Å². The van der Waals surface area contributed by atoms with Crippen molar-refractivity contribution in [1.29, 1.82) is 0 Å². The van der Waals surface area contributed by atoms with Crippen LogP contribution in [-0.4, -0.2) is 5.78 Å². The molecule has 0 heterocycles. The van der Waals surface area contributed by atoms with E-state index in [0.29, 0.717) is 12.2 Å². The summed E-state index contributed by atoms with van der Waals surface area (Å²) >= 11 is 0. The van der Waals surface area contributed by atoms with Crippen molar-refractivity contribution < 1.29 is 4.79 Å². The molecule has 0 spiro atoms. The molecule has 0 amide bonds. The lowest BCUT2D eigenvalue weighted by atomic mass is 9.90. The number of carbonyl (C=O) groups excluding carboxylic acids is 1. The van der Waals surface area contributed by atoms with Crippen molar-refractivity contribution in [3.8, 4) is 0 Å². The lowest BCUT2D eigenvalue weighted by Crippen LogP contribution is -2.02. The highest BCUT2D eigenvalue weighted by atomic mass is 16.1. The van der Waals surface area contributed by atoms with E-state index in [1.54, 1.807) is 0 Å². The molecule has 0 aromatic rings. The fourth-order valence-electron chi connectivity index (χ4n) is 2.04. The van der Waals surface area contributed by atoms with Crippen LogP contribution in [0.25, 0.3) is 0 Å². The molecule has 0 aromatic heterocycles. The SMILES string of the molecule is O=C1CC=CC2=C(CCCC2)C1. The largest absolute Gasteiger partial charge is 0.299 e. The Hall–Kier alpha value is -0.850. The van der Waals surface area contributed by atoms with Crippen LogP contribution in [0.5, 0.6) is 0 Å². The van der Waals surface area contributed by atoms with E-state index in [1.807, 2.05) is 6.08 Å². The van der Waals surface area contributed by atoms with Crippen LogP contribution in [0.4, 0.5) is 0 Å². The first-order valence-corrected chi connectivity index (χ1v) is 4.75. The van der Waals surface area contributed by atoms with E-state index < -0.39 is 0 Å². The van der Waals surface area contributed by atoms with Gasteiger partial charge in [-0.3, -0.25) is 4.79 Å². The summed E-state index contributed by atoms with van der Waals surface area (Å²) in [5.41, 5.74) is 2.87. The highest BCUT2D eigenvalue weighted by molar-refractivity contribution is 5.83. The maximum atomic E-state index is 11.3. The normalized spacial score (nSPS) is 23.8. The third kappa shape index (κ3) is 1.50. The average Bonchev–Trinajstić information content (AvgIpc) is 2.25. The van der Waals surface area contributed by atoms with Gasteiger partial charge in [0.1, 0.15) is 5.78 Å². The Bertz CT molecular complexity index is 258. The Kier molecular flexibility index (Phi) is 2.11. The summed E-state index contributed by atoms with van der Waals surface area (Å²) in [5, 5.41) is 0. The van der Waals surface area contributed by atoms with Crippen LogP contribution in [0.15, 0.2) is 23.3 Å². The molecular weight excluding hydrogens is 148 g/mol. The maximum absolute atomic E-state index is 11.3. The molecule has 2 rings (SSSR count). The standard InChI is InChI=1S/C11H14O/c12-11-7-3-6-9-4-1-2-5-10(9)8-11/h3,6H,1-2,4-5,7-8H2. The number of Topliss-reactive ketones (excluding diaryl/α,β-unsaturated/α-hetero) is 1. The lowest BCUT2D eigenvalue weighted by molar-refractivity contribution is -0.117. The van der Waals surface area contributed by atoms with Crippen LogP contribution >= 0.6 is 0 Å². The smallest absolute Gasteiger partial charge is 0.140 e. The fraction of sp³-hybridized carbons (Fsp3) is 0.545. The lowest BCUT2D eigenvalue weighted by Gasteiger charge is -2.15. The van der Waals surface area contributed by atoms with Crippen molar-refractivity contribution in [1.82, 2.24) is 0 Å². The van der Waals surface area contributed by atoms with Gasteiger partial charge in [-0.2, -0.15) is 0 Å². The first kappa shape index (κ1) is 7.78. The summed E-state index contributed by atoms with van der Waals surface area (Å²) in [6.45, 7) is 0. The number of ketones is 1. The van der Waals surface area contributed by atoms with Crippen molar-refractivity contribution in [2.45, 2.75) is 38.5 Å². The minimum Gasteiger partial charge on any atom is -0.299 e. The first-order valence-electron chi connectivity index (χ1n) is 4.75. The molecular formula is C11H14O. The van der Waals surface area contributed by atoms with E-state index in [2.05, 4.69) is 6.08 Å². The van der Waals surface area contributed by atoms with Gasteiger partial charge in [0.05, 0.1) is 0 Å². The van der Waals surface area contributed by atoms with E-state index in [0.717, 1.165) is 12.8 Å². The van der Waals surface area contributed by atoms with Crippen molar-refractivity contribution in [3.63, 3.8) is 0 Å². The molecule has 0 atom stereocenters. The van der Waals surface area contributed by atoms with Crippen LogP contribution in [0.1, 0.15) is 38.5 Å². The Labute approximate surface area is 73.2 Å². The Morgan fingerprint density at radius 2 is 2.00 bits per heavy atom. The third-order valence-corrected chi connectivity index (χ3v) is 2.70. The van der Waals surface area contributed by atoms with Gasteiger partial charge in [-0.1, -0.05) is 17.7 Å². The van der Waals surface area contributed by atoms with E-state index in [4.69, 9.17) is 0 Å². The van der Waals surface area contributed by atoms with Crippen molar-refractivity contribution in [3.05, 3.63) is 23.3 Å². The first-order chi connectivity index (χ1) is 5.86. The summed E-state index contributed by atoms with van der Waals surface area (Å²) in [4.78, 5) is 11.3. The van der Waals surface area contributed by atoms with Gasteiger partial charge in [-0.25, -0.2) is 0 Å². The molecule has 0 fully saturated rings. The summed E-state index contributed by atoms with van der Waals surface area (Å²) < 4.78 is 0. The van der Waals surface area contributed by atoms with E-state index >= 15 is 0 Å². The maximum Gasteiger partial charge on any atom is 0.140 e. The minimum absolute atomic E-state index is 0.387. The second-order valence-corrected chi connectivity index (χ2v) is 3.66. The molecule has 0 aliphatic heterocycles. The zero-order valence-corrected chi connectivity index (χ0v) is 7.31. The monoisotopic (exact) mass is 162 g/mol. The summed E-state index contributed by atoms with van der Waals surface area (Å²) in [5.74, 6) is 0.387. The molecule has 0 bridgehead atoms. The van der Waals surface area contributed by atoms with E-state index in [9.17, 15) is 4.79 Å². The molecule has 0 aromatic carbocycles. The summed E-state index contributed by atoms with van der Waals surface area (Å²) in [6.07, 6.45) is 10.5. The zero-order chi connectivity index (χ0) is 8.39. The second kappa shape index (κ2) is 3.26. The summed E-state index contributed by atoms with van der Waals surface area (Å²) in [6, 6.07) is 0. The molecule has 1 nitrogen and oxygen atoms in total. The Morgan fingerprint density at radius 3 is 2.92 bits per heavy atom. The predicted octanol–water partition coefficient (Wildman–Crippen LogP) is 2.78. The average molecular weight is 162 g/mol. The summed E-state index contributed by atoms with van der Waals surface area (Å²) in [7, 11) is 0. The number of allylic oxidation sites excluding steroid dienone is 4. The molecule has 0 saturated carbocycles. The Balaban J connectivity index is 2.26. The van der Waals surface area contributed by atoms with Crippen LogP contribution in [0.2, 0.25) is 0 Å². The molecule has 0 unspecified atom stereocenters. The van der Waals surface area contributed by atoms with Crippen molar-refractivity contribution in [2.75, 3.05) is 0 Å². The molecule has 2 aliphatic rings. The van der Waals surface area contributed by atoms with Gasteiger partial charge in [0, 0.05) is 12.8 Å². The quantitative estimate of drug-likeness (QED) is 0.535. The minimum atomic E-state index is 0.387. The van der Waals surface area contributed by atoms with Gasteiger partial charge in [-0.05, 0) is 31.3 Å². The highest BCUT2D eigenvalue weighted by Gasteiger charge is 2.15. The molecule has 1 heteroatoms. The van der Waals surface area contributed by atoms with Crippen LogP contribution in [0.3, 0.4) is 0 Å². The third-order valence-electron chi connectivity index (χ3n) is 2.70. The number of hydrogen-bond donors (Lipinski definition) is 0. The van der Waals surface area contributed by atoms with Gasteiger partial charge in [0.25, 0.3) is 0 Å². The van der Waals surface area contributed by atoms with Crippen molar-refractivity contribution >= 4 is 5.78 Å². The van der Waals surface area contributed by atoms with E-state index in [1.165, 1.54) is 30.4 Å². The zero-order valence-electron chi connectivity index (χ0n) is 7.31. The van der Waals surface area contributed by atoms with Gasteiger partial charge in [0.2, 0.25) is 0 Å². The van der Waals surface area contributed by atoms with Gasteiger partial charge >= 0.3 is 0 Å². The molecule has 2 aliphatic carbocycles.